The molecule has 12 heavy (non-hydrogen) atoms. The molecular weight excluding hydrogens is 154 g/mol. The molecule has 0 fully saturated rings. The summed E-state index contributed by atoms with van der Waals surface area (Å²) in [5.41, 5.74) is -0.827. The lowest BCUT2D eigenvalue weighted by molar-refractivity contribution is -0.127. The van der Waals surface area contributed by atoms with E-state index in [2.05, 4.69) is 0 Å². The zero-order valence-electron chi connectivity index (χ0n) is 8.16. The van der Waals surface area contributed by atoms with E-state index < -0.39 is 5.60 Å². The highest BCUT2D eigenvalue weighted by Gasteiger charge is 2.17. The molecule has 0 bridgehead atoms. The van der Waals surface area contributed by atoms with E-state index in [4.69, 9.17) is 0 Å². The number of likely N-dealkylation sites (N-methyl/N-ethyl adjacent to an activating group) is 1. The van der Waals surface area contributed by atoms with Crippen molar-refractivity contribution in [2.45, 2.75) is 26.4 Å². The molecule has 0 aromatic heterocycles. The molecule has 0 aliphatic heterocycles. The lowest BCUT2D eigenvalue weighted by Gasteiger charge is -2.24. The van der Waals surface area contributed by atoms with E-state index in [-0.39, 0.29) is 5.91 Å². The van der Waals surface area contributed by atoms with Gasteiger partial charge in [-0.15, -0.1) is 0 Å². The summed E-state index contributed by atoms with van der Waals surface area (Å²) in [6.07, 6.45) is 3.16. The number of carbonyl (C=O) groups is 1. The van der Waals surface area contributed by atoms with Gasteiger partial charge in [0.2, 0.25) is 5.91 Å². The molecule has 0 rings (SSSR count). The van der Waals surface area contributed by atoms with Crippen LogP contribution in [0, 0.1) is 0 Å². The largest absolute Gasteiger partial charge is 0.389 e. The minimum atomic E-state index is -0.827. The summed E-state index contributed by atoms with van der Waals surface area (Å²) in [7, 11) is 1.67. The minimum Gasteiger partial charge on any atom is -0.389 e. The minimum absolute atomic E-state index is 0.0837. The standard InChI is InChI=1S/C9H17NO2/c1-5-6-8(11)10(4)7-9(2,3)12/h5-6,12H,7H2,1-4H3. The van der Waals surface area contributed by atoms with Crippen LogP contribution in [0.3, 0.4) is 0 Å². The Morgan fingerprint density at radius 1 is 1.58 bits per heavy atom. The second-order valence-electron chi connectivity index (χ2n) is 3.51. The molecule has 1 amide bonds. The Bertz CT molecular complexity index is 179. The Kier molecular flexibility index (Phi) is 3.96. The Balaban J connectivity index is 4.04. The van der Waals surface area contributed by atoms with Gasteiger partial charge in [-0.3, -0.25) is 4.79 Å². The molecule has 0 aromatic rings. The van der Waals surface area contributed by atoms with Gasteiger partial charge in [-0.2, -0.15) is 0 Å². The summed E-state index contributed by atoms with van der Waals surface area (Å²) >= 11 is 0. The lowest BCUT2D eigenvalue weighted by atomic mass is 10.1. The number of hydrogen-bond acceptors (Lipinski definition) is 2. The van der Waals surface area contributed by atoms with Crippen LogP contribution in [0.5, 0.6) is 0 Å². The van der Waals surface area contributed by atoms with Crippen LogP contribution in [0.25, 0.3) is 0 Å². The maximum Gasteiger partial charge on any atom is 0.246 e. The quantitative estimate of drug-likeness (QED) is 0.638. The highest BCUT2D eigenvalue weighted by atomic mass is 16.3. The van der Waals surface area contributed by atoms with Gasteiger partial charge in [0.1, 0.15) is 0 Å². The highest BCUT2D eigenvalue weighted by molar-refractivity contribution is 5.87. The average Bonchev–Trinajstić information content (AvgIpc) is 1.84. The van der Waals surface area contributed by atoms with Crippen LogP contribution < -0.4 is 0 Å². The molecular formula is C9H17NO2. The number of nitrogens with zero attached hydrogens (tertiary/aromatic N) is 1. The van der Waals surface area contributed by atoms with Gasteiger partial charge in [-0.05, 0) is 26.8 Å². The fraction of sp³-hybridized carbons (Fsp3) is 0.667. The maximum absolute atomic E-state index is 11.1. The van der Waals surface area contributed by atoms with Crippen LogP contribution in [0.4, 0.5) is 0 Å². The number of amides is 1. The predicted octanol–water partition coefficient (Wildman–Crippen LogP) is 0.792. The van der Waals surface area contributed by atoms with Crippen LogP contribution >= 0.6 is 0 Å². The first kappa shape index (κ1) is 11.2. The normalized spacial score (nSPS) is 12.1. The fourth-order valence-electron chi connectivity index (χ4n) is 0.928. The molecule has 0 saturated heterocycles. The van der Waals surface area contributed by atoms with Crippen molar-refractivity contribution in [1.82, 2.24) is 4.90 Å². The van der Waals surface area contributed by atoms with Crippen LogP contribution in [0.15, 0.2) is 12.2 Å². The van der Waals surface area contributed by atoms with E-state index in [1.165, 1.54) is 11.0 Å². The number of aliphatic hydroxyl groups is 1. The summed E-state index contributed by atoms with van der Waals surface area (Å²) in [4.78, 5) is 12.6. The van der Waals surface area contributed by atoms with E-state index in [9.17, 15) is 9.90 Å². The zero-order valence-corrected chi connectivity index (χ0v) is 8.16. The lowest BCUT2D eigenvalue weighted by Crippen LogP contribution is -2.38. The van der Waals surface area contributed by atoms with Gasteiger partial charge < -0.3 is 10.0 Å². The van der Waals surface area contributed by atoms with Crippen LogP contribution in [0.1, 0.15) is 20.8 Å². The van der Waals surface area contributed by atoms with Crippen LogP contribution in [-0.4, -0.2) is 35.1 Å². The Labute approximate surface area is 73.7 Å². The van der Waals surface area contributed by atoms with Crippen molar-refractivity contribution < 1.29 is 9.90 Å². The van der Waals surface area contributed by atoms with Crippen molar-refractivity contribution in [3.05, 3.63) is 12.2 Å². The predicted molar refractivity (Wildman–Crippen MR) is 48.7 cm³/mol. The van der Waals surface area contributed by atoms with Crippen molar-refractivity contribution in [2.24, 2.45) is 0 Å². The Morgan fingerprint density at radius 3 is 2.42 bits per heavy atom. The molecule has 70 valence electrons. The van der Waals surface area contributed by atoms with Gasteiger partial charge in [-0.25, -0.2) is 0 Å². The number of rotatable bonds is 3. The number of allylic oxidation sites excluding steroid dienone is 1. The van der Waals surface area contributed by atoms with Gasteiger partial charge in [0, 0.05) is 13.6 Å². The topological polar surface area (TPSA) is 40.5 Å². The van der Waals surface area contributed by atoms with Gasteiger partial charge in [0.05, 0.1) is 5.60 Å². The molecule has 0 aliphatic carbocycles. The van der Waals surface area contributed by atoms with E-state index in [1.54, 1.807) is 33.9 Å². The Morgan fingerprint density at radius 2 is 2.08 bits per heavy atom. The molecule has 0 aliphatic rings. The van der Waals surface area contributed by atoms with Crippen molar-refractivity contribution in [2.75, 3.05) is 13.6 Å². The molecule has 0 unspecified atom stereocenters. The first-order valence-electron chi connectivity index (χ1n) is 3.97. The van der Waals surface area contributed by atoms with E-state index in [0.29, 0.717) is 6.54 Å². The highest BCUT2D eigenvalue weighted by Crippen LogP contribution is 2.03. The molecule has 0 saturated carbocycles. The van der Waals surface area contributed by atoms with E-state index in [1.807, 2.05) is 0 Å². The summed E-state index contributed by atoms with van der Waals surface area (Å²) in [5, 5.41) is 9.39. The molecule has 1 N–H and O–H groups in total. The van der Waals surface area contributed by atoms with Crippen molar-refractivity contribution in [3.8, 4) is 0 Å². The zero-order chi connectivity index (χ0) is 9.78. The molecule has 0 atom stereocenters. The summed E-state index contributed by atoms with van der Waals surface area (Å²) in [6.45, 7) is 5.48. The smallest absolute Gasteiger partial charge is 0.246 e. The summed E-state index contributed by atoms with van der Waals surface area (Å²) < 4.78 is 0. The first-order chi connectivity index (χ1) is 5.37. The second kappa shape index (κ2) is 4.26. The van der Waals surface area contributed by atoms with Gasteiger partial charge in [0.25, 0.3) is 0 Å². The van der Waals surface area contributed by atoms with Gasteiger partial charge >= 0.3 is 0 Å². The van der Waals surface area contributed by atoms with Gasteiger partial charge in [0.15, 0.2) is 0 Å². The molecule has 0 radical (unpaired) electrons. The third-order valence-electron chi connectivity index (χ3n) is 1.31. The van der Waals surface area contributed by atoms with E-state index >= 15 is 0 Å². The average molecular weight is 171 g/mol. The molecule has 3 heteroatoms. The third-order valence-corrected chi connectivity index (χ3v) is 1.31. The number of carbonyl (C=O) groups excluding carboxylic acids is 1. The van der Waals surface area contributed by atoms with Crippen LogP contribution in [-0.2, 0) is 4.79 Å². The van der Waals surface area contributed by atoms with Crippen molar-refractivity contribution in [1.29, 1.82) is 0 Å². The Hall–Kier alpha value is -0.830. The molecule has 0 heterocycles. The first-order valence-corrected chi connectivity index (χ1v) is 3.97. The SMILES string of the molecule is CC=CC(=O)N(C)CC(C)(C)O. The van der Waals surface area contributed by atoms with E-state index in [0.717, 1.165) is 0 Å². The number of hydrogen-bond donors (Lipinski definition) is 1. The van der Waals surface area contributed by atoms with Crippen LogP contribution in [0.2, 0.25) is 0 Å². The van der Waals surface area contributed by atoms with Gasteiger partial charge in [-0.1, -0.05) is 6.08 Å². The summed E-state index contributed by atoms with van der Waals surface area (Å²) in [6, 6.07) is 0. The summed E-state index contributed by atoms with van der Waals surface area (Å²) in [5.74, 6) is -0.0837. The monoisotopic (exact) mass is 171 g/mol. The third kappa shape index (κ3) is 4.91. The molecule has 0 aromatic carbocycles. The fourth-order valence-corrected chi connectivity index (χ4v) is 0.928. The molecule has 3 nitrogen and oxygen atoms in total. The van der Waals surface area contributed by atoms with Crippen molar-refractivity contribution in [3.63, 3.8) is 0 Å². The second-order valence-corrected chi connectivity index (χ2v) is 3.51. The molecule has 0 spiro atoms. The maximum atomic E-state index is 11.1. The van der Waals surface area contributed by atoms with Crippen molar-refractivity contribution >= 4 is 5.91 Å².